The molecule has 0 unspecified atom stereocenters. The summed E-state index contributed by atoms with van der Waals surface area (Å²) in [6, 6.07) is 15.0. The van der Waals surface area contributed by atoms with Crippen LogP contribution >= 0.6 is 23.4 Å². The van der Waals surface area contributed by atoms with Gasteiger partial charge in [-0.25, -0.2) is 0 Å². The maximum atomic E-state index is 12.8. The first kappa shape index (κ1) is 18.8. The lowest BCUT2D eigenvalue weighted by Gasteiger charge is -2.10. The number of halogens is 1. The number of hydrogen-bond acceptors (Lipinski definition) is 6. The monoisotopic (exact) mass is 437 g/mol. The number of aryl methyl sites for hydroxylation is 1. The van der Waals surface area contributed by atoms with Crippen molar-refractivity contribution in [2.24, 2.45) is 0 Å². The molecule has 0 atom stereocenters. The smallest absolute Gasteiger partial charge is 0.262 e. The Bertz CT molecular complexity index is 1440. The maximum absolute atomic E-state index is 12.8. The van der Waals surface area contributed by atoms with Gasteiger partial charge in [0.25, 0.3) is 5.56 Å². The minimum absolute atomic E-state index is 0.0621. The van der Waals surface area contributed by atoms with Crippen molar-refractivity contribution in [1.82, 2.24) is 33.9 Å². The second-order valence-corrected chi connectivity index (χ2v) is 7.95. The van der Waals surface area contributed by atoms with Crippen LogP contribution in [-0.4, -0.2) is 33.9 Å². The van der Waals surface area contributed by atoms with Gasteiger partial charge in [0.05, 0.1) is 22.3 Å². The summed E-state index contributed by atoms with van der Waals surface area (Å²) < 4.78 is 5.45. The highest BCUT2D eigenvalue weighted by Crippen LogP contribution is 2.25. The third-order valence-corrected chi connectivity index (χ3v) is 6.00. The molecule has 0 saturated heterocycles. The first-order valence-corrected chi connectivity index (χ1v) is 10.7. The zero-order chi connectivity index (χ0) is 20.7. The van der Waals surface area contributed by atoms with Gasteiger partial charge in [-0.2, -0.15) is 0 Å². The van der Waals surface area contributed by atoms with Gasteiger partial charge >= 0.3 is 0 Å². The summed E-state index contributed by atoms with van der Waals surface area (Å²) >= 11 is 7.61. The molecule has 0 bridgehead atoms. The van der Waals surface area contributed by atoms with Crippen molar-refractivity contribution in [1.29, 1.82) is 0 Å². The molecule has 5 rings (SSSR count). The van der Waals surface area contributed by atoms with E-state index in [1.165, 1.54) is 11.8 Å². The summed E-state index contributed by atoms with van der Waals surface area (Å²) in [5.74, 6) is 1.77. The Balaban J connectivity index is 1.56. The molecule has 150 valence electrons. The Kier molecular flexibility index (Phi) is 4.76. The van der Waals surface area contributed by atoms with Gasteiger partial charge in [0, 0.05) is 11.6 Å². The summed E-state index contributed by atoms with van der Waals surface area (Å²) in [5.41, 5.74) is 1.61. The zero-order valence-corrected chi connectivity index (χ0v) is 17.5. The van der Waals surface area contributed by atoms with Crippen LogP contribution in [0.15, 0.2) is 64.8 Å². The maximum Gasteiger partial charge on any atom is 0.262 e. The summed E-state index contributed by atoms with van der Waals surface area (Å²) in [4.78, 5) is 12.8. The number of aromatic nitrogens is 7. The van der Waals surface area contributed by atoms with E-state index in [1.54, 1.807) is 10.9 Å². The molecule has 3 heterocycles. The second kappa shape index (κ2) is 7.58. The Labute approximate surface area is 180 Å². The van der Waals surface area contributed by atoms with Crippen LogP contribution in [0, 0.1) is 0 Å². The lowest BCUT2D eigenvalue weighted by Crippen LogP contribution is -2.22. The third-order valence-electron chi connectivity index (χ3n) is 4.82. The van der Waals surface area contributed by atoms with E-state index in [-0.39, 0.29) is 5.56 Å². The predicted octanol–water partition coefficient (Wildman–Crippen LogP) is 3.59. The predicted molar refractivity (Wildman–Crippen MR) is 116 cm³/mol. The molecule has 3 aromatic heterocycles. The number of nitrogens with zero attached hydrogens (tertiary/aromatic N) is 7. The van der Waals surface area contributed by atoms with Crippen molar-refractivity contribution in [2.45, 2.75) is 24.4 Å². The van der Waals surface area contributed by atoms with Crippen molar-refractivity contribution in [3.8, 4) is 5.69 Å². The molecule has 10 heteroatoms. The molecule has 8 nitrogen and oxygen atoms in total. The van der Waals surface area contributed by atoms with E-state index >= 15 is 0 Å². The lowest BCUT2D eigenvalue weighted by molar-refractivity contribution is 0.735. The number of para-hydroxylation sites is 1. The van der Waals surface area contributed by atoms with E-state index < -0.39 is 0 Å². The Morgan fingerprint density at radius 1 is 1.07 bits per heavy atom. The van der Waals surface area contributed by atoms with Crippen LogP contribution in [0.1, 0.15) is 12.7 Å². The second-order valence-electron chi connectivity index (χ2n) is 6.57. The summed E-state index contributed by atoms with van der Waals surface area (Å²) in [6.07, 6.45) is 1.65. The standard InChI is InChI=1S/C20H16ClN7OS/c1-2-26-18(29)15-8-3-4-9-16(15)28-17(23-24-19(26)28)11-30-20-25-22-12-27(20)14-7-5-6-13(21)10-14/h3-10,12H,2,11H2,1H3. The molecular weight excluding hydrogens is 422 g/mol. The van der Waals surface area contributed by atoms with Crippen LogP contribution in [0.3, 0.4) is 0 Å². The Morgan fingerprint density at radius 2 is 1.93 bits per heavy atom. The van der Waals surface area contributed by atoms with E-state index in [1.807, 2.05) is 64.4 Å². The number of thioether (sulfide) groups is 1. The molecule has 30 heavy (non-hydrogen) atoms. The fourth-order valence-electron chi connectivity index (χ4n) is 3.45. The first-order valence-electron chi connectivity index (χ1n) is 9.31. The number of fused-ring (bicyclic) bond motifs is 3. The van der Waals surface area contributed by atoms with Crippen LogP contribution in [0.25, 0.3) is 22.4 Å². The highest BCUT2D eigenvalue weighted by atomic mass is 35.5. The van der Waals surface area contributed by atoms with E-state index in [2.05, 4.69) is 20.4 Å². The van der Waals surface area contributed by atoms with Crippen LogP contribution in [0.5, 0.6) is 0 Å². The van der Waals surface area contributed by atoms with Gasteiger partial charge in [-0.15, -0.1) is 20.4 Å². The fraction of sp³-hybridized carbons (Fsp3) is 0.150. The SMILES string of the molecule is CCn1c(=O)c2ccccc2n2c(CSc3nncn3-c3cccc(Cl)c3)nnc12. The molecule has 0 aliphatic heterocycles. The quantitative estimate of drug-likeness (QED) is 0.391. The minimum atomic E-state index is -0.0621. The largest absolute Gasteiger partial charge is 0.277 e. The van der Waals surface area contributed by atoms with Crippen LogP contribution < -0.4 is 5.56 Å². The van der Waals surface area contributed by atoms with E-state index in [9.17, 15) is 4.79 Å². The van der Waals surface area contributed by atoms with Gasteiger partial charge in [-0.3, -0.25) is 18.3 Å². The molecule has 0 spiro atoms. The van der Waals surface area contributed by atoms with Crippen molar-refractivity contribution in [2.75, 3.05) is 0 Å². The molecule has 0 radical (unpaired) electrons. The summed E-state index contributed by atoms with van der Waals surface area (Å²) in [7, 11) is 0. The van der Waals surface area contributed by atoms with Crippen LogP contribution in [-0.2, 0) is 12.3 Å². The van der Waals surface area contributed by atoms with Gasteiger partial charge in [-0.05, 0) is 37.3 Å². The average molecular weight is 438 g/mol. The molecule has 0 saturated carbocycles. The van der Waals surface area contributed by atoms with Gasteiger partial charge in [0.1, 0.15) is 12.2 Å². The molecule has 0 amide bonds. The average Bonchev–Trinajstić information content (AvgIpc) is 3.40. The van der Waals surface area contributed by atoms with Crippen LogP contribution in [0.4, 0.5) is 0 Å². The number of benzene rings is 2. The number of hydrogen-bond donors (Lipinski definition) is 0. The van der Waals surface area contributed by atoms with Crippen LogP contribution in [0.2, 0.25) is 5.02 Å². The molecule has 0 N–H and O–H groups in total. The Hall–Kier alpha value is -3.17. The topological polar surface area (TPSA) is 82.9 Å². The van der Waals surface area contributed by atoms with Gasteiger partial charge in [0.2, 0.25) is 5.78 Å². The fourth-order valence-corrected chi connectivity index (χ4v) is 4.47. The van der Waals surface area contributed by atoms with E-state index in [4.69, 9.17) is 11.6 Å². The molecule has 2 aromatic carbocycles. The van der Waals surface area contributed by atoms with Crippen molar-refractivity contribution >= 4 is 40.0 Å². The van der Waals surface area contributed by atoms with Crippen molar-refractivity contribution in [3.63, 3.8) is 0 Å². The van der Waals surface area contributed by atoms with E-state index in [0.29, 0.717) is 33.6 Å². The third kappa shape index (κ3) is 3.06. The highest BCUT2D eigenvalue weighted by molar-refractivity contribution is 7.98. The zero-order valence-electron chi connectivity index (χ0n) is 15.9. The highest BCUT2D eigenvalue weighted by Gasteiger charge is 2.17. The molecule has 0 aliphatic carbocycles. The Morgan fingerprint density at radius 3 is 2.77 bits per heavy atom. The van der Waals surface area contributed by atoms with Gasteiger partial charge in [0.15, 0.2) is 5.16 Å². The molecular formula is C20H16ClN7OS. The first-order chi connectivity index (χ1) is 14.7. The minimum Gasteiger partial charge on any atom is -0.277 e. The van der Waals surface area contributed by atoms with Gasteiger partial charge < -0.3 is 0 Å². The van der Waals surface area contributed by atoms with Gasteiger partial charge in [-0.1, -0.05) is 41.6 Å². The van der Waals surface area contributed by atoms with Crippen molar-refractivity contribution in [3.05, 3.63) is 76.1 Å². The van der Waals surface area contributed by atoms with Crippen molar-refractivity contribution < 1.29 is 0 Å². The normalized spacial score (nSPS) is 11.5. The number of rotatable bonds is 5. The molecule has 0 fully saturated rings. The molecule has 0 aliphatic rings. The summed E-state index contributed by atoms with van der Waals surface area (Å²) in [6.45, 7) is 2.44. The molecule has 5 aromatic rings. The summed E-state index contributed by atoms with van der Waals surface area (Å²) in [5, 5.41) is 18.9. The lowest BCUT2D eigenvalue weighted by atomic mass is 10.2. The van der Waals surface area contributed by atoms with E-state index in [0.717, 1.165) is 17.0 Å².